The van der Waals surface area contributed by atoms with E-state index in [9.17, 15) is 9.59 Å². The maximum absolute atomic E-state index is 11.9. The molecule has 4 heteroatoms. The van der Waals surface area contributed by atoms with E-state index in [0.29, 0.717) is 11.3 Å². The van der Waals surface area contributed by atoms with E-state index in [2.05, 4.69) is 5.32 Å². The van der Waals surface area contributed by atoms with Crippen molar-refractivity contribution in [3.63, 3.8) is 0 Å². The topological polar surface area (TPSA) is 59.3 Å². The molecule has 0 bridgehead atoms. The van der Waals surface area contributed by atoms with Gasteiger partial charge in [0.25, 0.3) is 5.91 Å². The summed E-state index contributed by atoms with van der Waals surface area (Å²) in [5.74, 6) is 1.04. The van der Waals surface area contributed by atoms with Crippen LogP contribution < -0.4 is 5.32 Å². The Morgan fingerprint density at radius 2 is 1.76 bits per heavy atom. The minimum Gasteiger partial charge on any atom is -0.466 e. The molecule has 4 nitrogen and oxygen atoms in total. The molecule has 0 saturated carbocycles. The smallest absolute Gasteiger partial charge is 0.255 e. The van der Waals surface area contributed by atoms with Crippen molar-refractivity contribution < 1.29 is 14.0 Å². The number of carbonyl (C=O) groups is 2. The van der Waals surface area contributed by atoms with Gasteiger partial charge in [0, 0.05) is 11.5 Å². The fourth-order valence-corrected chi connectivity index (χ4v) is 1.59. The third kappa shape index (κ3) is 2.96. The molecule has 0 aliphatic rings. The van der Waals surface area contributed by atoms with Crippen molar-refractivity contribution in [1.82, 2.24) is 5.32 Å². The maximum atomic E-state index is 11.9. The van der Waals surface area contributed by atoms with E-state index in [-0.39, 0.29) is 24.2 Å². The van der Waals surface area contributed by atoms with E-state index >= 15 is 0 Å². The van der Waals surface area contributed by atoms with Gasteiger partial charge in [0.15, 0.2) is 5.78 Å². The second-order valence-electron chi connectivity index (χ2n) is 4.52. The summed E-state index contributed by atoms with van der Waals surface area (Å²) in [5, 5.41) is 2.63. The third-order valence-corrected chi connectivity index (χ3v) is 2.86. The molecule has 0 fully saturated rings. The second kappa shape index (κ2) is 5.17. The normalized spacial score (nSPS) is 10.7. The average Bonchev–Trinajstić information content (AvgIpc) is 2.49. The second-order valence-corrected chi connectivity index (χ2v) is 4.52. The zero-order valence-corrected chi connectivity index (χ0v) is 11.0. The summed E-state index contributed by atoms with van der Waals surface area (Å²) in [4.78, 5) is 23.3. The van der Waals surface area contributed by atoms with E-state index in [4.69, 9.17) is 4.42 Å². The molecule has 1 aromatic rings. The molecule has 0 atom stereocenters. The summed E-state index contributed by atoms with van der Waals surface area (Å²) < 4.78 is 5.37. The van der Waals surface area contributed by atoms with Gasteiger partial charge in [0.2, 0.25) is 0 Å². The predicted octanol–water partition coefficient (Wildman–Crippen LogP) is 2.16. The van der Waals surface area contributed by atoms with Crippen LogP contribution in [0.2, 0.25) is 0 Å². The summed E-state index contributed by atoms with van der Waals surface area (Å²) >= 11 is 0. The highest BCUT2D eigenvalue weighted by Gasteiger charge is 2.19. The lowest BCUT2D eigenvalue weighted by Gasteiger charge is -2.06. The van der Waals surface area contributed by atoms with Crippen LogP contribution in [0.3, 0.4) is 0 Å². The number of rotatable bonds is 4. The lowest BCUT2D eigenvalue weighted by Crippen LogP contribution is -2.32. The van der Waals surface area contributed by atoms with Crippen LogP contribution in [-0.4, -0.2) is 18.2 Å². The van der Waals surface area contributed by atoms with E-state index in [1.807, 2.05) is 27.7 Å². The number of nitrogens with one attached hydrogen (secondary N) is 1. The number of furan rings is 1. The van der Waals surface area contributed by atoms with Crippen LogP contribution in [0.25, 0.3) is 0 Å². The predicted molar refractivity (Wildman–Crippen MR) is 65.1 cm³/mol. The fraction of sp³-hybridized carbons (Fsp3) is 0.538. The van der Waals surface area contributed by atoms with E-state index < -0.39 is 0 Å². The van der Waals surface area contributed by atoms with Gasteiger partial charge in [-0.05, 0) is 20.8 Å². The van der Waals surface area contributed by atoms with Gasteiger partial charge in [-0.15, -0.1) is 0 Å². The molecule has 0 aliphatic heterocycles. The van der Waals surface area contributed by atoms with Crippen molar-refractivity contribution in [3.05, 3.63) is 22.6 Å². The van der Waals surface area contributed by atoms with Crippen LogP contribution in [0.5, 0.6) is 0 Å². The lowest BCUT2D eigenvalue weighted by atomic mass is 10.1. The number of carbonyl (C=O) groups excluding carboxylic acids is 2. The van der Waals surface area contributed by atoms with Gasteiger partial charge in [-0.1, -0.05) is 13.8 Å². The zero-order valence-electron chi connectivity index (χ0n) is 11.0. The number of amides is 1. The Balaban J connectivity index is 2.74. The fourth-order valence-electron chi connectivity index (χ4n) is 1.59. The van der Waals surface area contributed by atoms with Crippen molar-refractivity contribution in [3.8, 4) is 0 Å². The molecule has 17 heavy (non-hydrogen) atoms. The Bertz CT molecular complexity index is 444. The first-order valence-corrected chi connectivity index (χ1v) is 5.72. The summed E-state index contributed by atoms with van der Waals surface area (Å²) in [7, 11) is 0. The first-order chi connectivity index (χ1) is 7.84. The highest BCUT2D eigenvalue weighted by molar-refractivity contribution is 5.99. The number of ketones is 1. The molecular weight excluding hydrogens is 218 g/mol. The molecule has 0 saturated heterocycles. The molecule has 0 spiro atoms. The minimum absolute atomic E-state index is 0.0221. The summed E-state index contributed by atoms with van der Waals surface area (Å²) in [6.07, 6.45) is 0. The molecule has 0 aromatic carbocycles. The van der Waals surface area contributed by atoms with Crippen LogP contribution in [-0.2, 0) is 4.79 Å². The Kier molecular flexibility index (Phi) is 4.10. The molecule has 0 aliphatic carbocycles. The number of hydrogen-bond donors (Lipinski definition) is 1. The number of Topliss-reactive ketones (excluding diaryl/α,β-unsaturated/α-hetero) is 1. The largest absolute Gasteiger partial charge is 0.466 e. The first kappa shape index (κ1) is 13.5. The Hall–Kier alpha value is -1.58. The van der Waals surface area contributed by atoms with Gasteiger partial charge in [0.05, 0.1) is 12.1 Å². The van der Waals surface area contributed by atoms with Gasteiger partial charge in [0.1, 0.15) is 11.5 Å². The van der Waals surface area contributed by atoms with Gasteiger partial charge in [-0.3, -0.25) is 9.59 Å². The molecule has 1 N–H and O–H groups in total. The average molecular weight is 237 g/mol. The van der Waals surface area contributed by atoms with Gasteiger partial charge >= 0.3 is 0 Å². The van der Waals surface area contributed by atoms with Crippen LogP contribution in [0.15, 0.2) is 4.42 Å². The monoisotopic (exact) mass is 237 g/mol. The number of hydrogen-bond acceptors (Lipinski definition) is 3. The lowest BCUT2D eigenvalue weighted by molar-refractivity contribution is -0.120. The van der Waals surface area contributed by atoms with Gasteiger partial charge in [-0.25, -0.2) is 0 Å². The van der Waals surface area contributed by atoms with Crippen molar-refractivity contribution in [2.24, 2.45) is 5.92 Å². The van der Waals surface area contributed by atoms with Crippen LogP contribution >= 0.6 is 0 Å². The Morgan fingerprint density at radius 3 is 2.18 bits per heavy atom. The molecule has 1 aromatic heterocycles. The summed E-state index contributed by atoms with van der Waals surface area (Å²) in [5.41, 5.74) is 1.37. The van der Waals surface area contributed by atoms with Crippen molar-refractivity contribution >= 4 is 11.7 Å². The molecular formula is C13H19NO3. The summed E-state index contributed by atoms with van der Waals surface area (Å²) in [6.45, 7) is 9.10. The molecule has 0 unspecified atom stereocenters. The quantitative estimate of drug-likeness (QED) is 0.873. The van der Waals surface area contributed by atoms with Crippen LogP contribution in [0.1, 0.15) is 41.3 Å². The highest BCUT2D eigenvalue weighted by atomic mass is 16.3. The standard InChI is InChI=1S/C13H19NO3/c1-7(2)11(15)6-14-13(16)12-8(3)9(4)17-10(12)5/h7H,6H2,1-5H3,(H,14,16). The SMILES string of the molecule is Cc1oc(C)c(C(=O)NCC(=O)C(C)C)c1C. The van der Waals surface area contributed by atoms with Crippen molar-refractivity contribution in [2.75, 3.05) is 6.54 Å². The number of aryl methyl sites for hydroxylation is 2. The first-order valence-electron chi connectivity index (χ1n) is 5.72. The van der Waals surface area contributed by atoms with E-state index in [1.165, 1.54) is 0 Å². The molecule has 0 radical (unpaired) electrons. The maximum Gasteiger partial charge on any atom is 0.255 e. The molecule has 1 heterocycles. The Morgan fingerprint density at radius 1 is 1.18 bits per heavy atom. The van der Waals surface area contributed by atoms with Crippen molar-refractivity contribution in [1.29, 1.82) is 0 Å². The van der Waals surface area contributed by atoms with E-state index in [1.54, 1.807) is 6.92 Å². The minimum atomic E-state index is -0.245. The van der Waals surface area contributed by atoms with Crippen LogP contribution in [0.4, 0.5) is 0 Å². The van der Waals surface area contributed by atoms with Crippen LogP contribution in [0, 0.1) is 26.7 Å². The zero-order chi connectivity index (χ0) is 13.2. The molecule has 94 valence electrons. The van der Waals surface area contributed by atoms with Gasteiger partial charge in [-0.2, -0.15) is 0 Å². The third-order valence-electron chi connectivity index (χ3n) is 2.86. The van der Waals surface area contributed by atoms with Crippen molar-refractivity contribution in [2.45, 2.75) is 34.6 Å². The van der Waals surface area contributed by atoms with Gasteiger partial charge < -0.3 is 9.73 Å². The van der Waals surface area contributed by atoms with E-state index in [0.717, 1.165) is 11.3 Å². The Labute approximate surface area is 101 Å². The highest BCUT2D eigenvalue weighted by Crippen LogP contribution is 2.20. The molecule has 1 amide bonds. The molecule has 1 rings (SSSR count). The summed E-state index contributed by atoms with van der Waals surface area (Å²) in [6, 6.07) is 0.